The third-order valence-corrected chi connectivity index (χ3v) is 4.11. The number of ether oxygens (including phenoxy) is 1. The summed E-state index contributed by atoms with van der Waals surface area (Å²) in [7, 11) is 1.47. The Morgan fingerprint density at radius 2 is 1.96 bits per heavy atom. The van der Waals surface area contributed by atoms with Crippen molar-refractivity contribution in [2.75, 3.05) is 7.11 Å². The Morgan fingerprint density at radius 3 is 2.57 bits per heavy atom. The topological polar surface area (TPSA) is 62.6 Å². The molecule has 5 heteroatoms. The van der Waals surface area contributed by atoms with Crippen LogP contribution in [-0.4, -0.2) is 28.6 Å². The highest BCUT2D eigenvalue weighted by Crippen LogP contribution is 2.28. The van der Waals surface area contributed by atoms with Crippen LogP contribution in [0.25, 0.3) is 17.0 Å². The molecule has 2 rings (SSSR count). The van der Waals surface area contributed by atoms with Crippen molar-refractivity contribution in [1.29, 1.82) is 0 Å². The molecule has 124 valence electrons. The van der Waals surface area contributed by atoms with Crippen molar-refractivity contribution in [2.24, 2.45) is 5.41 Å². The Labute approximate surface area is 141 Å². The number of halogens is 1. The molecule has 0 saturated carbocycles. The van der Waals surface area contributed by atoms with Gasteiger partial charge in [0.2, 0.25) is 0 Å². The summed E-state index contributed by atoms with van der Waals surface area (Å²) in [6.07, 6.45) is 2.25. The number of rotatable bonds is 5. The van der Waals surface area contributed by atoms with E-state index in [9.17, 15) is 10.2 Å². The first-order valence-electron chi connectivity index (χ1n) is 7.43. The normalized spacial score (nSPS) is 15.3. The molecule has 0 spiro atoms. The fraction of sp³-hybridized carbons (Fsp3) is 0.389. The number of pyridine rings is 1. The molecule has 1 heterocycles. The molecule has 23 heavy (non-hydrogen) atoms. The summed E-state index contributed by atoms with van der Waals surface area (Å²) in [5, 5.41) is 20.9. The summed E-state index contributed by atoms with van der Waals surface area (Å²) in [5.41, 5.74) is 1.68. The highest BCUT2D eigenvalue weighted by Gasteiger charge is 2.24. The van der Waals surface area contributed by atoms with E-state index in [-0.39, 0.29) is 0 Å². The van der Waals surface area contributed by atoms with Gasteiger partial charge in [0.1, 0.15) is 0 Å². The standard InChI is InChI=1S/C18H22ClNO3/c1-11(21)15-10-14(19)13-6-5-12(9-16(13)20-15)7-8-18(2,3)17(22)23-4/h5-11,17,21-22H,1-4H3/b8-7+/t11-,17?/m1/s1. The summed E-state index contributed by atoms with van der Waals surface area (Å²) in [6, 6.07) is 7.42. The second-order valence-corrected chi connectivity index (χ2v) is 6.63. The second kappa shape index (κ2) is 6.97. The van der Waals surface area contributed by atoms with Gasteiger partial charge in [-0.3, -0.25) is 0 Å². The van der Waals surface area contributed by atoms with Crippen LogP contribution < -0.4 is 0 Å². The number of methoxy groups -OCH3 is 1. The van der Waals surface area contributed by atoms with Crippen molar-refractivity contribution in [1.82, 2.24) is 4.98 Å². The van der Waals surface area contributed by atoms with Crippen molar-refractivity contribution in [3.63, 3.8) is 0 Å². The third-order valence-electron chi connectivity index (χ3n) is 3.80. The Hall–Kier alpha value is -1.46. The van der Waals surface area contributed by atoms with Crippen molar-refractivity contribution < 1.29 is 14.9 Å². The van der Waals surface area contributed by atoms with Crippen LogP contribution in [0.3, 0.4) is 0 Å². The van der Waals surface area contributed by atoms with Gasteiger partial charge in [0.05, 0.1) is 22.3 Å². The van der Waals surface area contributed by atoms with Gasteiger partial charge in [-0.05, 0) is 24.6 Å². The minimum atomic E-state index is -0.881. The second-order valence-electron chi connectivity index (χ2n) is 6.22. The Balaban J connectivity index is 2.40. The molecule has 0 amide bonds. The van der Waals surface area contributed by atoms with E-state index in [0.717, 1.165) is 16.5 Å². The van der Waals surface area contributed by atoms with E-state index < -0.39 is 17.8 Å². The third kappa shape index (κ3) is 4.09. The summed E-state index contributed by atoms with van der Waals surface area (Å²) in [4.78, 5) is 4.45. The molecule has 1 aromatic heterocycles. The van der Waals surface area contributed by atoms with Crippen molar-refractivity contribution in [2.45, 2.75) is 33.2 Å². The zero-order valence-electron chi connectivity index (χ0n) is 13.7. The number of nitrogens with zero attached hydrogens (tertiary/aromatic N) is 1. The molecule has 2 atom stereocenters. The summed E-state index contributed by atoms with van der Waals surface area (Å²) in [6.45, 7) is 5.43. The molecular formula is C18H22ClNO3. The molecule has 0 saturated heterocycles. The molecule has 4 nitrogen and oxygen atoms in total. The van der Waals surface area contributed by atoms with Gasteiger partial charge in [0, 0.05) is 17.9 Å². The Morgan fingerprint density at radius 1 is 1.26 bits per heavy atom. The van der Waals surface area contributed by atoms with Crippen LogP contribution in [0.1, 0.15) is 38.1 Å². The van der Waals surface area contributed by atoms with E-state index in [1.807, 2.05) is 44.2 Å². The summed E-state index contributed by atoms with van der Waals surface area (Å²) >= 11 is 6.25. The zero-order valence-corrected chi connectivity index (χ0v) is 14.5. The summed E-state index contributed by atoms with van der Waals surface area (Å²) in [5.74, 6) is 0. The van der Waals surface area contributed by atoms with Gasteiger partial charge in [0.25, 0.3) is 0 Å². The maximum Gasteiger partial charge on any atom is 0.162 e. The predicted octanol–water partition coefficient (Wildman–Crippen LogP) is 3.95. The van der Waals surface area contributed by atoms with Gasteiger partial charge in [-0.1, -0.05) is 49.7 Å². The lowest BCUT2D eigenvalue weighted by Crippen LogP contribution is -2.28. The summed E-state index contributed by atoms with van der Waals surface area (Å²) < 4.78 is 4.98. The molecule has 1 aromatic carbocycles. The predicted molar refractivity (Wildman–Crippen MR) is 93.2 cm³/mol. The van der Waals surface area contributed by atoms with Crippen LogP contribution in [0.4, 0.5) is 0 Å². The lowest BCUT2D eigenvalue weighted by atomic mass is 9.91. The van der Waals surface area contributed by atoms with E-state index in [0.29, 0.717) is 10.7 Å². The fourth-order valence-electron chi connectivity index (χ4n) is 2.24. The van der Waals surface area contributed by atoms with E-state index in [1.165, 1.54) is 7.11 Å². The highest BCUT2D eigenvalue weighted by molar-refractivity contribution is 6.35. The maximum atomic E-state index is 9.84. The van der Waals surface area contributed by atoms with Gasteiger partial charge >= 0.3 is 0 Å². The number of aliphatic hydroxyl groups is 2. The molecule has 0 aliphatic carbocycles. The number of fused-ring (bicyclic) bond motifs is 1. The van der Waals surface area contributed by atoms with Gasteiger partial charge in [-0.15, -0.1) is 0 Å². The van der Waals surface area contributed by atoms with E-state index in [1.54, 1.807) is 13.0 Å². The number of aromatic nitrogens is 1. The van der Waals surface area contributed by atoms with Crippen molar-refractivity contribution in [3.05, 3.63) is 46.6 Å². The first kappa shape index (κ1) is 17.9. The molecule has 0 fully saturated rings. The average Bonchev–Trinajstić information content (AvgIpc) is 2.51. The molecule has 2 aromatic rings. The highest BCUT2D eigenvalue weighted by atomic mass is 35.5. The quantitative estimate of drug-likeness (QED) is 0.812. The molecule has 2 N–H and O–H groups in total. The van der Waals surface area contributed by atoms with Gasteiger partial charge in [0.15, 0.2) is 6.29 Å². The van der Waals surface area contributed by atoms with E-state index in [2.05, 4.69) is 4.98 Å². The number of benzene rings is 1. The van der Waals surface area contributed by atoms with Crippen LogP contribution in [0, 0.1) is 5.41 Å². The molecule has 0 bridgehead atoms. The average molecular weight is 336 g/mol. The largest absolute Gasteiger partial charge is 0.387 e. The first-order chi connectivity index (χ1) is 10.7. The number of hydrogen-bond donors (Lipinski definition) is 2. The fourth-order valence-corrected chi connectivity index (χ4v) is 2.51. The van der Waals surface area contributed by atoms with Crippen LogP contribution >= 0.6 is 11.6 Å². The minimum Gasteiger partial charge on any atom is -0.387 e. The first-order valence-corrected chi connectivity index (χ1v) is 7.81. The Bertz CT molecular complexity index is 726. The van der Waals surface area contributed by atoms with Crippen LogP contribution in [-0.2, 0) is 4.74 Å². The lowest BCUT2D eigenvalue weighted by molar-refractivity contribution is -0.128. The Kier molecular flexibility index (Phi) is 5.42. The van der Waals surface area contributed by atoms with E-state index in [4.69, 9.17) is 16.3 Å². The maximum absolute atomic E-state index is 9.84. The van der Waals surface area contributed by atoms with Gasteiger partial charge in [-0.2, -0.15) is 0 Å². The smallest absolute Gasteiger partial charge is 0.162 e. The van der Waals surface area contributed by atoms with Gasteiger partial charge < -0.3 is 14.9 Å². The van der Waals surface area contributed by atoms with Crippen molar-refractivity contribution in [3.8, 4) is 0 Å². The molecule has 0 aliphatic heterocycles. The SMILES string of the molecule is COC(O)C(C)(C)/C=C/c1ccc2c(Cl)cc([C@@H](C)O)nc2c1. The number of hydrogen-bond acceptors (Lipinski definition) is 4. The minimum absolute atomic E-state index is 0.518. The van der Waals surface area contributed by atoms with Crippen LogP contribution in [0.2, 0.25) is 5.02 Å². The molecular weight excluding hydrogens is 314 g/mol. The van der Waals surface area contributed by atoms with Gasteiger partial charge in [-0.25, -0.2) is 4.98 Å². The van der Waals surface area contributed by atoms with E-state index >= 15 is 0 Å². The molecule has 0 radical (unpaired) electrons. The molecule has 1 unspecified atom stereocenters. The van der Waals surface area contributed by atoms with Crippen LogP contribution in [0.5, 0.6) is 0 Å². The lowest BCUT2D eigenvalue weighted by Gasteiger charge is -2.25. The zero-order chi connectivity index (χ0) is 17.2. The monoisotopic (exact) mass is 335 g/mol. The number of aliphatic hydroxyl groups excluding tert-OH is 2. The molecule has 0 aliphatic rings. The van der Waals surface area contributed by atoms with Crippen molar-refractivity contribution >= 4 is 28.6 Å². The van der Waals surface area contributed by atoms with Crippen LogP contribution in [0.15, 0.2) is 30.3 Å².